The number of para-hydroxylation sites is 1. The Labute approximate surface area is 292 Å². The zero-order valence-corrected chi connectivity index (χ0v) is 28.3. The zero-order valence-electron chi connectivity index (χ0n) is 27.5. The normalized spacial score (nSPS) is 13.6. The average Bonchev–Trinajstić information content (AvgIpc) is 3.66. The molecule has 0 unspecified atom stereocenters. The molecular formula is C46H29N3S. The first kappa shape index (κ1) is 27.9. The molecule has 4 heteroatoms. The lowest BCUT2D eigenvalue weighted by atomic mass is 9.81. The molecule has 0 N–H and O–H groups in total. The number of rotatable bonds is 2. The molecule has 50 heavy (non-hydrogen) atoms. The van der Waals surface area contributed by atoms with Gasteiger partial charge in [-0.2, -0.15) is 0 Å². The van der Waals surface area contributed by atoms with E-state index in [1.807, 2.05) is 35.9 Å². The van der Waals surface area contributed by atoms with Crippen molar-refractivity contribution in [2.75, 3.05) is 0 Å². The third-order valence-corrected chi connectivity index (χ3v) is 12.1. The van der Waals surface area contributed by atoms with Crippen LogP contribution in [0, 0.1) is 0 Å². The molecule has 0 fully saturated rings. The van der Waals surface area contributed by atoms with Gasteiger partial charge in [-0.05, 0) is 70.3 Å². The zero-order chi connectivity index (χ0) is 33.1. The first-order valence-corrected chi connectivity index (χ1v) is 17.9. The van der Waals surface area contributed by atoms with E-state index >= 15 is 0 Å². The molecule has 6 aromatic carbocycles. The highest BCUT2D eigenvalue weighted by Gasteiger charge is 2.35. The van der Waals surface area contributed by atoms with Crippen molar-refractivity contribution in [3.8, 4) is 33.5 Å². The third-order valence-electron chi connectivity index (χ3n) is 10.9. The highest BCUT2D eigenvalue weighted by Crippen LogP contribution is 2.52. The summed E-state index contributed by atoms with van der Waals surface area (Å²) in [6.07, 6.45) is 3.73. The summed E-state index contributed by atoms with van der Waals surface area (Å²) in [5, 5.41) is 8.34. The van der Waals surface area contributed by atoms with Crippen molar-refractivity contribution < 1.29 is 0 Å². The first-order chi connectivity index (χ1) is 24.6. The van der Waals surface area contributed by atoms with Gasteiger partial charge in [-0.1, -0.05) is 98.8 Å². The number of pyridine rings is 3. The maximum absolute atomic E-state index is 5.50. The topological polar surface area (TPSA) is 38.7 Å². The lowest BCUT2D eigenvalue weighted by molar-refractivity contribution is 0.660. The van der Waals surface area contributed by atoms with Crippen molar-refractivity contribution in [1.82, 2.24) is 15.0 Å². The monoisotopic (exact) mass is 655 g/mol. The Bertz CT molecular complexity index is 3080. The average molecular weight is 656 g/mol. The van der Waals surface area contributed by atoms with Gasteiger partial charge >= 0.3 is 0 Å². The summed E-state index contributed by atoms with van der Waals surface area (Å²) in [7, 11) is 0. The van der Waals surface area contributed by atoms with Gasteiger partial charge in [-0.25, -0.2) is 4.98 Å². The second kappa shape index (κ2) is 10.0. The van der Waals surface area contributed by atoms with E-state index in [0.717, 1.165) is 49.5 Å². The molecule has 4 heterocycles. The van der Waals surface area contributed by atoms with Crippen LogP contribution >= 0.6 is 11.3 Å². The number of fused-ring (bicyclic) bond motifs is 13. The van der Waals surface area contributed by atoms with E-state index in [-0.39, 0.29) is 5.41 Å². The summed E-state index contributed by atoms with van der Waals surface area (Å²) in [6.45, 7) is 4.69. The van der Waals surface area contributed by atoms with Crippen LogP contribution in [0.3, 0.4) is 0 Å². The lowest BCUT2D eigenvalue weighted by Crippen LogP contribution is -2.14. The Morgan fingerprint density at radius 2 is 1.26 bits per heavy atom. The van der Waals surface area contributed by atoms with Crippen molar-refractivity contribution in [1.29, 1.82) is 0 Å². The molecule has 0 saturated heterocycles. The van der Waals surface area contributed by atoms with Crippen molar-refractivity contribution >= 4 is 75.0 Å². The number of hydrogen-bond donors (Lipinski definition) is 0. The van der Waals surface area contributed by atoms with E-state index < -0.39 is 0 Å². The molecule has 3 nitrogen and oxygen atoms in total. The SMILES string of the molecule is CC1(C)c2ccccc2-c2ccc(-c3nc4ccccc4c4c3cc(-c3cc5cccnc5c5ncccc35)c3sc5ccccc5c34)cc21. The molecular weight excluding hydrogens is 627 g/mol. The molecule has 0 spiro atoms. The van der Waals surface area contributed by atoms with Crippen LogP contribution in [0.15, 0.2) is 140 Å². The Kier molecular flexibility index (Phi) is 5.61. The smallest absolute Gasteiger partial charge is 0.0970 e. The Morgan fingerprint density at radius 3 is 2.18 bits per heavy atom. The molecule has 0 aliphatic heterocycles. The van der Waals surface area contributed by atoms with Gasteiger partial charge in [-0.3, -0.25) is 9.97 Å². The van der Waals surface area contributed by atoms with Gasteiger partial charge < -0.3 is 0 Å². The molecule has 4 aromatic heterocycles. The summed E-state index contributed by atoms with van der Waals surface area (Å²) in [5.74, 6) is 0. The van der Waals surface area contributed by atoms with Crippen molar-refractivity contribution in [3.05, 3.63) is 151 Å². The van der Waals surface area contributed by atoms with Crippen LogP contribution in [0.2, 0.25) is 0 Å². The van der Waals surface area contributed by atoms with Gasteiger partial charge in [0, 0.05) is 76.0 Å². The molecule has 1 aliphatic carbocycles. The van der Waals surface area contributed by atoms with E-state index in [0.29, 0.717) is 0 Å². The summed E-state index contributed by atoms with van der Waals surface area (Å²) < 4.78 is 2.56. The van der Waals surface area contributed by atoms with Gasteiger partial charge in [0.1, 0.15) is 0 Å². The van der Waals surface area contributed by atoms with Crippen molar-refractivity contribution in [2.45, 2.75) is 19.3 Å². The predicted octanol–water partition coefficient (Wildman–Crippen LogP) is 12.5. The van der Waals surface area contributed by atoms with E-state index in [1.54, 1.807) is 0 Å². The highest BCUT2D eigenvalue weighted by molar-refractivity contribution is 7.26. The third kappa shape index (κ3) is 3.71. The largest absolute Gasteiger partial charge is 0.254 e. The minimum absolute atomic E-state index is 0.110. The molecule has 0 radical (unpaired) electrons. The standard InChI is InChI=1S/C46H29N3S/c1-46(2)36-16-6-3-12-28(36)29-20-19-27(24-37(29)46)42-35-25-34(33-23-26-11-9-21-47-43(26)44-30(33)15-10-22-48-44)45-41(32-14-5-8-18-39(32)50-45)40(35)31-13-4-7-17-38(31)49-42/h3-25H,1-2H3. The van der Waals surface area contributed by atoms with Crippen LogP contribution in [-0.4, -0.2) is 15.0 Å². The first-order valence-electron chi connectivity index (χ1n) is 17.1. The molecule has 10 aromatic rings. The summed E-state index contributed by atoms with van der Waals surface area (Å²) in [5.41, 5.74) is 12.6. The van der Waals surface area contributed by atoms with Crippen LogP contribution in [0.4, 0.5) is 0 Å². The summed E-state index contributed by atoms with van der Waals surface area (Å²) in [6, 6.07) is 46.5. The van der Waals surface area contributed by atoms with Crippen molar-refractivity contribution in [3.63, 3.8) is 0 Å². The van der Waals surface area contributed by atoms with Crippen LogP contribution in [0.1, 0.15) is 25.0 Å². The van der Waals surface area contributed by atoms with Crippen LogP contribution in [0.25, 0.3) is 97.2 Å². The second-order valence-electron chi connectivity index (χ2n) is 14.0. The minimum atomic E-state index is -0.110. The molecule has 0 amide bonds. The number of thiophene rings is 1. The quantitative estimate of drug-likeness (QED) is 0.174. The number of benzene rings is 6. The molecule has 0 atom stereocenters. The molecule has 234 valence electrons. The lowest BCUT2D eigenvalue weighted by Gasteiger charge is -2.22. The van der Waals surface area contributed by atoms with Gasteiger partial charge in [0.25, 0.3) is 0 Å². The van der Waals surface area contributed by atoms with E-state index in [2.05, 4.69) is 129 Å². The number of nitrogens with zero attached hydrogens (tertiary/aromatic N) is 3. The minimum Gasteiger partial charge on any atom is -0.254 e. The summed E-state index contributed by atoms with van der Waals surface area (Å²) in [4.78, 5) is 15.1. The predicted molar refractivity (Wildman–Crippen MR) is 211 cm³/mol. The maximum atomic E-state index is 5.50. The van der Waals surface area contributed by atoms with E-state index in [1.165, 1.54) is 58.8 Å². The fraction of sp³-hybridized carbons (Fsp3) is 0.0652. The number of aromatic nitrogens is 3. The fourth-order valence-electron chi connectivity index (χ4n) is 8.60. The molecule has 0 bridgehead atoms. The number of hydrogen-bond acceptors (Lipinski definition) is 4. The van der Waals surface area contributed by atoms with Gasteiger partial charge in [0.05, 0.1) is 22.2 Å². The summed E-state index contributed by atoms with van der Waals surface area (Å²) >= 11 is 1.87. The molecule has 0 saturated carbocycles. The highest BCUT2D eigenvalue weighted by atomic mass is 32.1. The Morgan fingerprint density at radius 1 is 0.520 bits per heavy atom. The van der Waals surface area contributed by atoms with E-state index in [9.17, 15) is 0 Å². The fourth-order valence-corrected chi connectivity index (χ4v) is 9.84. The van der Waals surface area contributed by atoms with Gasteiger partial charge in [0.15, 0.2) is 0 Å². The molecule has 11 rings (SSSR count). The maximum Gasteiger partial charge on any atom is 0.0970 e. The van der Waals surface area contributed by atoms with Crippen LogP contribution in [-0.2, 0) is 5.41 Å². The van der Waals surface area contributed by atoms with Crippen LogP contribution < -0.4 is 0 Å². The van der Waals surface area contributed by atoms with Gasteiger partial charge in [-0.15, -0.1) is 11.3 Å². The van der Waals surface area contributed by atoms with Crippen LogP contribution in [0.5, 0.6) is 0 Å². The van der Waals surface area contributed by atoms with Crippen molar-refractivity contribution in [2.24, 2.45) is 0 Å². The van der Waals surface area contributed by atoms with E-state index in [4.69, 9.17) is 15.0 Å². The molecule has 1 aliphatic rings. The second-order valence-corrected chi connectivity index (χ2v) is 15.0. The Balaban J connectivity index is 1.32. The van der Waals surface area contributed by atoms with Gasteiger partial charge in [0.2, 0.25) is 0 Å². The Hall–Kier alpha value is -5.97.